The monoisotopic (exact) mass is 224 g/mol. The zero-order valence-electron chi connectivity index (χ0n) is 8.12. The van der Waals surface area contributed by atoms with Crippen LogP contribution in [0.4, 0.5) is 13.2 Å². The van der Waals surface area contributed by atoms with E-state index in [-0.39, 0.29) is 0 Å². The van der Waals surface area contributed by atoms with Gasteiger partial charge in [0.05, 0.1) is 0 Å². The normalized spacial score (nSPS) is 13.7. The Bertz CT molecular complexity index is 555. The Labute approximate surface area is 89.3 Å². The molecule has 5 heteroatoms. The summed E-state index contributed by atoms with van der Waals surface area (Å²) in [7, 11) is 0. The molecule has 82 valence electrons. The molecule has 0 saturated heterocycles. The number of alkyl halides is 3. The van der Waals surface area contributed by atoms with Crippen LogP contribution in [0.3, 0.4) is 0 Å². The van der Waals surface area contributed by atoms with Crippen molar-refractivity contribution in [3.63, 3.8) is 0 Å². The van der Waals surface area contributed by atoms with Gasteiger partial charge in [-0.25, -0.2) is 4.98 Å². The van der Waals surface area contributed by atoms with Gasteiger partial charge in [-0.1, -0.05) is 24.3 Å². The maximum atomic E-state index is 12.4. The Morgan fingerprint density at radius 1 is 1.19 bits per heavy atom. The maximum absolute atomic E-state index is 12.4. The third kappa shape index (κ3) is 1.24. The Morgan fingerprint density at radius 3 is 2.69 bits per heavy atom. The molecule has 0 aliphatic carbocycles. The van der Waals surface area contributed by atoms with Crippen molar-refractivity contribution in [1.82, 2.24) is 9.55 Å². The molecule has 2 aromatic rings. The molecule has 16 heavy (non-hydrogen) atoms. The van der Waals surface area contributed by atoms with Gasteiger partial charge in [0.2, 0.25) is 0 Å². The molecule has 1 aromatic heterocycles. The van der Waals surface area contributed by atoms with E-state index in [0.717, 1.165) is 17.3 Å². The van der Waals surface area contributed by atoms with Gasteiger partial charge in [-0.05, 0) is 5.56 Å². The molecule has 0 N–H and O–H groups in total. The number of benzene rings is 1. The topological polar surface area (TPSA) is 17.8 Å². The molecule has 1 aliphatic heterocycles. The first-order valence-electron chi connectivity index (χ1n) is 4.78. The molecule has 3 rings (SSSR count). The Kier molecular flexibility index (Phi) is 1.70. The van der Waals surface area contributed by atoms with Gasteiger partial charge in [0, 0.05) is 18.3 Å². The van der Waals surface area contributed by atoms with Crippen molar-refractivity contribution < 1.29 is 13.2 Å². The number of hydrogen-bond donors (Lipinski definition) is 0. The second kappa shape index (κ2) is 2.87. The third-order valence-electron chi connectivity index (χ3n) is 2.67. The number of fused-ring (bicyclic) bond motifs is 3. The van der Waals surface area contributed by atoms with Gasteiger partial charge in [0.25, 0.3) is 0 Å². The van der Waals surface area contributed by atoms with Crippen LogP contribution in [-0.4, -0.2) is 9.55 Å². The fourth-order valence-corrected chi connectivity index (χ4v) is 1.95. The van der Waals surface area contributed by atoms with E-state index in [4.69, 9.17) is 0 Å². The molecule has 0 amide bonds. The molecule has 0 saturated carbocycles. The van der Waals surface area contributed by atoms with E-state index in [2.05, 4.69) is 4.98 Å². The van der Waals surface area contributed by atoms with Crippen molar-refractivity contribution in [2.45, 2.75) is 12.7 Å². The smallest absolute Gasteiger partial charge is 0.326 e. The van der Waals surface area contributed by atoms with Gasteiger partial charge in [0.15, 0.2) is 5.69 Å². The van der Waals surface area contributed by atoms with Gasteiger partial charge in [-0.15, -0.1) is 0 Å². The molecule has 1 aliphatic rings. The lowest BCUT2D eigenvalue weighted by atomic mass is 10.1. The van der Waals surface area contributed by atoms with Crippen molar-refractivity contribution >= 4 is 0 Å². The molecule has 0 spiro atoms. The summed E-state index contributed by atoms with van der Waals surface area (Å²) in [6.45, 7) is 0.467. The van der Waals surface area contributed by atoms with E-state index < -0.39 is 11.9 Å². The summed E-state index contributed by atoms with van der Waals surface area (Å²) in [5, 5.41) is 0. The molecular formula is C11H7F3N2. The Morgan fingerprint density at radius 2 is 1.94 bits per heavy atom. The van der Waals surface area contributed by atoms with E-state index in [1.54, 1.807) is 12.1 Å². The number of hydrogen-bond acceptors (Lipinski definition) is 1. The van der Waals surface area contributed by atoms with Crippen LogP contribution in [-0.2, 0) is 12.7 Å². The fourth-order valence-electron chi connectivity index (χ4n) is 1.95. The van der Waals surface area contributed by atoms with Crippen LogP contribution in [0.5, 0.6) is 0 Å². The van der Waals surface area contributed by atoms with Crippen molar-refractivity contribution in [3.8, 4) is 11.4 Å². The lowest BCUT2D eigenvalue weighted by molar-refractivity contribution is -0.140. The van der Waals surface area contributed by atoms with Gasteiger partial charge in [-0.2, -0.15) is 13.2 Å². The van der Waals surface area contributed by atoms with Crippen LogP contribution in [0.15, 0.2) is 30.5 Å². The van der Waals surface area contributed by atoms with E-state index in [1.807, 2.05) is 12.1 Å². The lowest BCUT2D eigenvalue weighted by Gasteiger charge is -2.01. The molecule has 2 nitrogen and oxygen atoms in total. The average molecular weight is 224 g/mol. The van der Waals surface area contributed by atoms with Crippen molar-refractivity contribution in [1.29, 1.82) is 0 Å². The highest BCUT2D eigenvalue weighted by atomic mass is 19.4. The predicted molar refractivity (Wildman–Crippen MR) is 51.8 cm³/mol. The minimum Gasteiger partial charge on any atom is -0.326 e. The van der Waals surface area contributed by atoms with Crippen molar-refractivity contribution in [3.05, 3.63) is 41.7 Å². The van der Waals surface area contributed by atoms with E-state index in [0.29, 0.717) is 12.4 Å². The molecular weight excluding hydrogens is 217 g/mol. The van der Waals surface area contributed by atoms with Crippen LogP contribution in [0.1, 0.15) is 11.3 Å². The van der Waals surface area contributed by atoms with Crippen molar-refractivity contribution in [2.24, 2.45) is 0 Å². The zero-order chi connectivity index (χ0) is 11.3. The van der Waals surface area contributed by atoms with Crippen LogP contribution in [0, 0.1) is 0 Å². The van der Waals surface area contributed by atoms with Gasteiger partial charge < -0.3 is 4.57 Å². The maximum Gasteiger partial charge on any atom is 0.434 e. The fraction of sp³-hybridized carbons (Fsp3) is 0.182. The van der Waals surface area contributed by atoms with E-state index >= 15 is 0 Å². The molecule has 0 radical (unpaired) electrons. The summed E-state index contributed by atoms with van der Waals surface area (Å²) in [6.07, 6.45) is -3.30. The standard InChI is InChI=1S/C11H7F3N2/c12-11(13,14)9-6-16-5-7-3-1-2-4-8(7)10(16)15-9/h1-4,6H,5H2. The Hall–Kier alpha value is -1.78. The summed E-state index contributed by atoms with van der Waals surface area (Å²) in [6, 6.07) is 7.37. The highest BCUT2D eigenvalue weighted by Gasteiger charge is 2.36. The highest BCUT2D eigenvalue weighted by molar-refractivity contribution is 5.65. The summed E-state index contributed by atoms with van der Waals surface area (Å²) < 4.78 is 38.9. The van der Waals surface area contributed by atoms with E-state index in [1.165, 1.54) is 4.57 Å². The first-order chi connectivity index (χ1) is 7.55. The largest absolute Gasteiger partial charge is 0.434 e. The number of halogens is 3. The first kappa shape index (κ1) is 9.45. The average Bonchev–Trinajstić information content (AvgIpc) is 2.72. The number of nitrogens with zero attached hydrogens (tertiary/aromatic N) is 2. The molecule has 2 heterocycles. The zero-order valence-corrected chi connectivity index (χ0v) is 8.12. The van der Waals surface area contributed by atoms with Crippen LogP contribution < -0.4 is 0 Å². The van der Waals surface area contributed by atoms with Gasteiger partial charge in [-0.3, -0.25) is 0 Å². The number of aromatic nitrogens is 2. The van der Waals surface area contributed by atoms with Crippen LogP contribution >= 0.6 is 0 Å². The summed E-state index contributed by atoms with van der Waals surface area (Å²) in [5.41, 5.74) is 0.980. The SMILES string of the molecule is FC(F)(F)c1cn2c(n1)-c1ccccc1C2. The molecule has 0 bridgehead atoms. The quantitative estimate of drug-likeness (QED) is 0.574. The highest BCUT2D eigenvalue weighted by Crippen LogP contribution is 2.35. The molecule has 1 aromatic carbocycles. The number of imidazole rings is 1. The molecule has 0 unspecified atom stereocenters. The van der Waals surface area contributed by atoms with Crippen molar-refractivity contribution in [2.75, 3.05) is 0 Å². The second-order valence-electron chi connectivity index (χ2n) is 3.73. The van der Waals surface area contributed by atoms with Crippen LogP contribution in [0.2, 0.25) is 0 Å². The summed E-state index contributed by atoms with van der Waals surface area (Å²) >= 11 is 0. The second-order valence-corrected chi connectivity index (χ2v) is 3.73. The first-order valence-corrected chi connectivity index (χ1v) is 4.78. The van der Waals surface area contributed by atoms with Crippen LogP contribution in [0.25, 0.3) is 11.4 Å². The molecule has 0 fully saturated rings. The summed E-state index contributed by atoms with van der Waals surface area (Å²) in [5.74, 6) is 0.405. The molecule has 0 atom stereocenters. The third-order valence-corrected chi connectivity index (χ3v) is 2.67. The van der Waals surface area contributed by atoms with Gasteiger partial charge in [0.1, 0.15) is 5.82 Å². The Balaban J connectivity index is 2.15. The predicted octanol–water partition coefficient (Wildman–Crippen LogP) is 2.93. The number of rotatable bonds is 0. The summed E-state index contributed by atoms with van der Waals surface area (Å²) in [4.78, 5) is 3.64. The minimum absolute atomic E-state index is 0.405. The minimum atomic E-state index is -4.37. The lowest BCUT2D eigenvalue weighted by Crippen LogP contribution is -2.05. The van der Waals surface area contributed by atoms with E-state index in [9.17, 15) is 13.2 Å². The van der Waals surface area contributed by atoms with Gasteiger partial charge >= 0.3 is 6.18 Å².